The number of rotatable bonds is 7. The van der Waals surface area contributed by atoms with Crippen molar-refractivity contribution in [3.8, 4) is 0 Å². The average molecular weight is 502 g/mol. The van der Waals surface area contributed by atoms with Crippen molar-refractivity contribution in [3.05, 3.63) is 35.9 Å². The molecule has 0 bridgehead atoms. The van der Waals surface area contributed by atoms with Crippen molar-refractivity contribution in [3.63, 3.8) is 0 Å². The van der Waals surface area contributed by atoms with Crippen molar-refractivity contribution in [2.75, 3.05) is 26.2 Å². The normalized spacial score (nSPS) is 15.7. The fourth-order valence-corrected chi connectivity index (χ4v) is 3.68. The highest BCUT2D eigenvalue weighted by Crippen LogP contribution is 2.31. The van der Waals surface area contributed by atoms with Crippen molar-refractivity contribution in [2.45, 2.75) is 57.9 Å². The maximum absolute atomic E-state index is 11.8. The summed E-state index contributed by atoms with van der Waals surface area (Å²) in [6, 6.07) is 10.8. The maximum Gasteiger partial charge on any atom is 0.409 e. The minimum Gasteiger partial charge on any atom is -0.450 e. The van der Waals surface area contributed by atoms with Gasteiger partial charge in [0.1, 0.15) is 0 Å². The Bertz CT molecular complexity index is 612. The summed E-state index contributed by atoms with van der Waals surface area (Å²) < 4.78 is 5.06. The monoisotopic (exact) mass is 502 g/mol. The molecule has 0 radical (unpaired) electrons. The van der Waals surface area contributed by atoms with Crippen LogP contribution >= 0.6 is 24.0 Å². The molecule has 1 aromatic rings. The number of piperidine rings is 1. The number of amides is 1. The van der Waals surface area contributed by atoms with Crippen molar-refractivity contribution in [2.24, 2.45) is 10.7 Å². The summed E-state index contributed by atoms with van der Waals surface area (Å²) in [5.74, 6) is 0.492. The quantitative estimate of drug-likeness (QED) is 0.337. The van der Waals surface area contributed by atoms with Crippen LogP contribution in [0.4, 0.5) is 4.79 Å². The van der Waals surface area contributed by atoms with E-state index < -0.39 is 0 Å². The van der Waals surface area contributed by atoms with Crippen molar-refractivity contribution in [1.29, 1.82) is 0 Å². The van der Waals surface area contributed by atoms with Gasteiger partial charge in [0, 0.05) is 24.5 Å². The lowest BCUT2D eigenvalue weighted by Gasteiger charge is -2.33. The summed E-state index contributed by atoms with van der Waals surface area (Å²) >= 11 is 0. The molecule has 158 valence electrons. The topological polar surface area (TPSA) is 80.0 Å². The third kappa shape index (κ3) is 6.53. The molecular weight excluding hydrogens is 467 g/mol. The number of aliphatic imine (C=N–C) groups is 1. The van der Waals surface area contributed by atoms with E-state index in [0.717, 1.165) is 25.7 Å². The van der Waals surface area contributed by atoms with Crippen LogP contribution in [0.15, 0.2) is 35.3 Å². The molecule has 1 fully saturated rings. The molecule has 1 aromatic carbocycles. The predicted octanol–water partition coefficient (Wildman–Crippen LogP) is 3.89. The van der Waals surface area contributed by atoms with Crippen LogP contribution in [-0.4, -0.2) is 49.2 Å². The standard InChI is InChI=1S/C21H34N4O2.HI/c1-4-21(5-2,17-10-8-7-9-11-17)16-23-19(22)24-18-12-14-25(15-13-18)20(26)27-6-3;/h7-11,18H,4-6,12-16H2,1-3H3,(H3,22,23,24);1H. The smallest absolute Gasteiger partial charge is 0.409 e. The summed E-state index contributed by atoms with van der Waals surface area (Å²) in [6.07, 6.45) is 3.50. The Morgan fingerprint density at radius 3 is 2.36 bits per heavy atom. The summed E-state index contributed by atoms with van der Waals surface area (Å²) in [7, 11) is 0. The molecular formula is C21H35IN4O2. The van der Waals surface area contributed by atoms with Crippen molar-refractivity contribution < 1.29 is 9.53 Å². The maximum atomic E-state index is 11.8. The minimum atomic E-state index is -0.226. The van der Waals surface area contributed by atoms with Crippen molar-refractivity contribution >= 4 is 36.0 Å². The molecule has 6 nitrogen and oxygen atoms in total. The fourth-order valence-electron chi connectivity index (χ4n) is 3.68. The summed E-state index contributed by atoms with van der Waals surface area (Å²) in [6.45, 7) is 8.69. The van der Waals surface area contributed by atoms with Gasteiger partial charge in [-0.05, 0) is 38.2 Å². The molecule has 28 heavy (non-hydrogen) atoms. The van der Waals surface area contributed by atoms with E-state index in [1.54, 1.807) is 4.90 Å². The minimum absolute atomic E-state index is 0. The number of hydrogen-bond acceptors (Lipinski definition) is 3. The van der Waals surface area contributed by atoms with Crippen LogP contribution in [0.1, 0.15) is 52.0 Å². The van der Waals surface area contributed by atoms with Crippen molar-refractivity contribution in [1.82, 2.24) is 10.2 Å². The van der Waals surface area contributed by atoms with E-state index >= 15 is 0 Å². The Morgan fingerprint density at radius 1 is 1.21 bits per heavy atom. The van der Waals surface area contributed by atoms with Gasteiger partial charge in [0.25, 0.3) is 0 Å². The first-order valence-electron chi connectivity index (χ1n) is 10.1. The molecule has 1 aliphatic heterocycles. The second-order valence-electron chi connectivity index (χ2n) is 7.16. The zero-order valence-corrected chi connectivity index (χ0v) is 19.6. The third-order valence-corrected chi connectivity index (χ3v) is 5.66. The second-order valence-corrected chi connectivity index (χ2v) is 7.16. The molecule has 1 amide bonds. The van der Waals surface area contributed by atoms with Gasteiger partial charge in [-0.25, -0.2) is 4.79 Å². The van der Waals surface area contributed by atoms with Gasteiger partial charge in [-0.2, -0.15) is 0 Å². The lowest BCUT2D eigenvalue weighted by Crippen LogP contribution is -2.48. The van der Waals surface area contributed by atoms with Gasteiger partial charge >= 0.3 is 6.09 Å². The molecule has 0 spiro atoms. The van der Waals surface area contributed by atoms with E-state index in [1.807, 2.05) is 13.0 Å². The van der Waals surface area contributed by atoms with E-state index in [-0.39, 0.29) is 41.5 Å². The van der Waals surface area contributed by atoms with Crippen LogP contribution in [0.25, 0.3) is 0 Å². The van der Waals surface area contributed by atoms with E-state index in [4.69, 9.17) is 10.5 Å². The number of ether oxygens (including phenoxy) is 1. The van der Waals surface area contributed by atoms with Gasteiger partial charge in [-0.3, -0.25) is 4.99 Å². The van der Waals surface area contributed by atoms with E-state index in [1.165, 1.54) is 5.56 Å². The fraction of sp³-hybridized carbons (Fsp3) is 0.619. The first-order valence-corrected chi connectivity index (χ1v) is 10.1. The highest BCUT2D eigenvalue weighted by Gasteiger charge is 2.28. The lowest BCUT2D eigenvalue weighted by atomic mass is 9.76. The third-order valence-electron chi connectivity index (χ3n) is 5.66. The Kier molecular flexibility index (Phi) is 10.6. The molecule has 0 aliphatic carbocycles. The average Bonchev–Trinajstić information content (AvgIpc) is 2.71. The summed E-state index contributed by atoms with van der Waals surface area (Å²) in [5, 5.41) is 3.33. The van der Waals surface area contributed by atoms with E-state index in [9.17, 15) is 4.79 Å². The van der Waals surface area contributed by atoms with Gasteiger partial charge in [0.05, 0.1) is 13.2 Å². The largest absolute Gasteiger partial charge is 0.450 e. The van der Waals surface area contributed by atoms with Gasteiger partial charge in [0.2, 0.25) is 0 Å². The molecule has 0 unspecified atom stereocenters. The lowest BCUT2D eigenvalue weighted by molar-refractivity contribution is 0.0963. The van der Waals surface area contributed by atoms with Crippen LogP contribution in [0.5, 0.6) is 0 Å². The van der Waals surface area contributed by atoms with Gasteiger partial charge in [0.15, 0.2) is 5.96 Å². The molecule has 0 aromatic heterocycles. The SMILES string of the molecule is CCOC(=O)N1CCC(NC(N)=NCC(CC)(CC)c2ccccc2)CC1.I. The Balaban J connectivity index is 0.00000392. The van der Waals surface area contributed by atoms with Crippen LogP contribution in [0.3, 0.4) is 0 Å². The molecule has 7 heteroatoms. The first kappa shape index (κ1) is 24.5. The van der Waals surface area contributed by atoms with E-state index in [0.29, 0.717) is 32.2 Å². The molecule has 3 N–H and O–H groups in total. The number of nitrogens with one attached hydrogen (secondary N) is 1. The molecule has 1 saturated heterocycles. The number of guanidine groups is 1. The number of carbonyl (C=O) groups is 1. The molecule has 2 rings (SSSR count). The highest BCUT2D eigenvalue weighted by molar-refractivity contribution is 14.0. The number of benzene rings is 1. The first-order chi connectivity index (χ1) is 13.0. The van der Waals surface area contributed by atoms with Crippen LogP contribution in [0, 0.1) is 0 Å². The Hall–Kier alpha value is -1.51. The number of hydrogen-bond donors (Lipinski definition) is 2. The Morgan fingerprint density at radius 2 is 1.82 bits per heavy atom. The van der Waals surface area contributed by atoms with E-state index in [2.05, 4.69) is 48.4 Å². The molecule has 1 heterocycles. The number of nitrogens with zero attached hydrogens (tertiary/aromatic N) is 2. The van der Waals surface area contributed by atoms with Gasteiger partial charge in [-0.1, -0.05) is 44.2 Å². The number of halogens is 1. The molecule has 0 atom stereocenters. The highest BCUT2D eigenvalue weighted by atomic mass is 127. The van der Waals surface area contributed by atoms with Crippen LogP contribution < -0.4 is 11.1 Å². The van der Waals surface area contributed by atoms with Gasteiger partial charge < -0.3 is 20.7 Å². The number of carbonyl (C=O) groups excluding carboxylic acids is 1. The predicted molar refractivity (Wildman–Crippen MR) is 125 cm³/mol. The number of likely N-dealkylation sites (tertiary alicyclic amines) is 1. The summed E-state index contributed by atoms with van der Waals surface area (Å²) in [4.78, 5) is 18.2. The molecule has 1 aliphatic rings. The molecule has 0 saturated carbocycles. The summed E-state index contributed by atoms with van der Waals surface area (Å²) in [5.41, 5.74) is 7.50. The second kappa shape index (κ2) is 12.1. The van der Waals surface area contributed by atoms with Gasteiger partial charge in [-0.15, -0.1) is 24.0 Å². The van der Waals surface area contributed by atoms with Crippen LogP contribution in [0.2, 0.25) is 0 Å². The zero-order chi connectivity index (χ0) is 19.7. The number of nitrogens with two attached hydrogens (primary N) is 1. The zero-order valence-electron chi connectivity index (χ0n) is 17.3. The van der Waals surface area contributed by atoms with Crippen LogP contribution in [-0.2, 0) is 10.2 Å². The Labute approximate surface area is 186 Å².